The molecule has 17 heavy (non-hydrogen) atoms. The molecule has 2 atom stereocenters. The fourth-order valence-electron chi connectivity index (χ4n) is 2.30. The molecule has 0 aromatic heterocycles. The first-order chi connectivity index (χ1) is 7.90. The number of aliphatic hydroxyl groups is 1. The number of aliphatic hydroxyl groups excluding tert-OH is 1. The molecule has 1 amide bonds. The van der Waals surface area contributed by atoms with Gasteiger partial charge in [-0.15, -0.1) is 0 Å². The second-order valence-corrected chi connectivity index (χ2v) is 5.76. The molecule has 1 aliphatic heterocycles. The van der Waals surface area contributed by atoms with Gasteiger partial charge in [-0.3, -0.25) is 4.79 Å². The first-order valence-corrected chi connectivity index (χ1v) is 6.54. The first kappa shape index (κ1) is 14.5. The molecule has 0 aromatic carbocycles. The SMILES string of the molecule is CCC(C)(CO)NC(=O)C1(C(C)C)CCNC1. The summed E-state index contributed by atoms with van der Waals surface area (Å²) in [4.78, 5) is 12.5. The van der Waals surface area contributed by atoms with Crippen molar-refractivity contribution in [3.63, 3.8) is 0 Å². The van der Waals surface area contributed by atoms with Gasteiger partial charge < -0.3 is 15.7 Å². The fraction of sp³-hybridized carbons (Fsp3) is 0.923. The molecule has 0 bridgehead atoms. The van der Waals surface area contributed by atoms with E-state index in [1.165, 1.54) is 0 Å². The summed E-state index contributed by atoms with van der Waals surface area (Å²) in [6.07, 6.45) is 1.61. The van der Waals surface area contributed by atoms with Crippen molar-refractivity contribution >= 4 is 5.91 Å². The quantitative estimate of drug-likeness (QED) is 0.671. The summed E-state index contributed by atoms with van der Waals surface area (Å²) in [5.74, 6) is 0.383. The molecule has 0 saturated carbocycles. The molecule has 1 aliphatic rings. The molecular weight excluding hydrogens is 216 g/mol. The van der Waals surface area contributed by atoms with E-state index in [0.717, 1.165) is 25.9 Å². The van der Waals surface area contributed by atoms with Gasteiger partial charge in [0.25, 0.3) is 0 Å². The third-order valence-corrected chi connectivity index (χ3v) is 4.29. The number of hydrogen-bond acceptors (Lipinski definition) is 3. The van der Waals surface area contributed by atoms with Crippen molar-refractivity contribution in [1.29, 1.82) is 0 Å². The zero-order chi connectivity index (χ0) is 13.1. The first-order valence-electron chi connectivity index (χ1n) is 6.54. The lowest BCUT2D eigenvalue weighted by Crippen LogP contribution is -2.55. The van der Waals surface area contributed by atoms with Crippen molar-refractivity contribution < 1.29 is 9.90 Å². The zero-order valence-corrected chi connectivity index (χ0v) is 11.5. The summed E-state index contributed by atoms with van der Waals surface area (Å²) in [5.41, 5.74) is -0.812. The normalized spacial score (nSPS) is 28.1. The summed E-state index contributed by atoms with van der Waals surface area (Å²) in [5, 5.41) is 15.7. The molecule has 1 fully saturated rings. The van der Waals surface area contributed by atoms with Crippen LogP contribution in [-0.2, 0) is 4.79 Å². The number of nitrogens with one attached hydrogen (secondary N) is 2. The Morgan fingerprint density at radius 1 is 1.59 bits per heavy atom. The molecule has 0 radical (unpaired) electrons. The van der Waals surface area contributed by atoms with Crippen molar-refractivity contribution in [2.45, 2.75) is 46.1 Å². The van der Waals surface area contributed by atoms with Crippen LogP contribution in [0, 0.1) is 11.3 Å². The third-order valence-electron chi connectivity index (χ3n) is 4.29. The fourth-order valence-corrected chi connectivity index (χ4v) is 2.30. The smallest absolute Gasteiger partial charge is 0.228 e. The Hall–Kier alpha value is -0.610. The van der Waals surface area contributed by atoms with Crippen LogP contribution in [0.3, 0.4) is 0 Å². The summed E-state index contributed by atoms with van der Waals surface area (Å²) in [6, 6.07) is 0. The molecule has 2 unspecified atom stereocenters. The molecule has 1 saturated heterocycles. The Bertz CT molecular complexity index is 267. The van der Waals surface area contributed by atoms with E-state index in [9.17, 15) is 9.90 Å². The van der Waals surface area contributed by atoms with Gasteiger partial charge in [-0.05, 0) is 32.2 Å². The van der Waals surface area contributed by atoms with Gasteiger partial charge in [0.15, 0.2) is 0 Å². The monoisotopic (exact) mass is 242 g/mol. The van der Waals surface area contributed by atoms with Crippen LogP contribution in [-0.4, -0.2) is 36.2 Å². The zero-order valence-electron chi connectivity index (χ0n) is 11.5. The van der Waals surface area contributed by atoms with Crippen molar-refractivity contribution in [2.24, 2.45) is 11.3 Å². The number of hydrogen-bond donors (Lipinski definition) is 3. The molecule has 4 nitrogen and oxygen atoms in total. The van der Waals surface area contributed by atoms with E-state index in [2.05, 4.69) is 24.5 Å². The average molecular weight is 242 g/mol. The van der Waals surface area contributed by atoms with E-state index in [4.69, 9.17) is 0 Å². The largest absolute Gasteiger partial charge is 0.394 e. The van der Waals surface area contributed by atoms with Crippen LogP contribution in [0.5, 0.6) is 0 Å². The Kier molecular flexibility index (Phi) is 4.55. The molecule has 1 rings (SSSR count). The number of carbonyl (C=O) groups is 1. The molecule has 4 heteroatoms. The van der Waals surface area contributed by atoms with Crippen molar-refractivity contribution in [3.05, 3.63) is 0 Å². The number of carbonyl (C=O) groups excluding carboxylic acids is 1. The van der Waals surface area contributed by atoms with Crippen LogP contribution < -0.4 is 10.6 Å². The van der Waals surface area contributed by atoms with Gasteiger partial charge in [-0.2, -0.15) is 0 Å². The van der Waals surface area contributed by atoms with Gasteiger partial charge in [0, 0.05) is 6.54 Å². The number of rotatable bonds is 5. The van der Waals surface area contributed by atoms with Crippen LogP contribution in [0.15, 0.2) is 0 Å². The highest BCUT2D eigenvalue weighted by Gasteiger charge is 2.45. The predicted octanol–water partition coefficient (Wildman–Crippen LogP) is 0.899. The topological polar surface area (TPSA) is 61.4 Å². The standard InChI is InChI=1S/C13H26N2O2/c1-5-12(4,9-16)15-11(17)13(10(2)3)6-7-14-8-13/h10,14,16H,5-9H2,1-4H3,(H,15,17). The minimum absolute atomic E-state index is 0.0170. The lowest BCUT2D eigenvalue weighted by atomic mass is 9.75. The van der Waals surface area contributed by atoms with E-state index < -0.39 is 5.54 Å². The molecule has 100 valence electrons. The van der Waals surface area contributed by atoms with Gasteiger partial charge in [-0.25, -0.2) is 0 Å². The molecule has 0 aliphatic carbocycles. The van der Waals surface area contributed by atoms with Gasteiger partial charge in [0.05, 0.1) is 17.6 Å². The highest BCUT2D eigenvalue weighted by Crippen LogP contribution is 2.35. The lowest BCUT2D eigenvalue weighted by Gasteiger charge is -2.36. The number of amides is 1. The van der Waals surface area contributed by atoms with Gasteiger partial charge in [-0.1, -0.05) is 20.8 Å². The van der Waals surface area contributed by atoms with Gasteiger partial charge in [0.1, 0.15) is 0 Å². The Morgan fingerprint density at radius 3 is 2.59 bits per heavy atom. The van der Waals surface area contributed by atoms with Crippen LogP contribution in [0.1, 0.15) is 40.5 Å². The van der Waals surface area contributed by atoms with Crippen molar-refractivity contribution in [2.75, 3.05) is 19.7 Å². The van der Waals surface area contributed by atoms with Gasteiger partial charge in [0.2, 0.25) is 5.91 Å². The minimum atomic E-state index is -0.498. The van der Waals surface area contributed by atoms with E-state index in [-0.39, 0.29) is 17.9 Å². The van der Waals surface area contributed by atoms with E-state index >= 15 is 0 Å². The van der Waals surface area contributed by atoms with E-state index in [1.807, 2.05) is 13.8 Å². The second-order valence-electron chi connectivity index (χ2n) is 5.76. The molecular formula is C13H26N2O2. The maximum atomic E-state index is 12.5. The average Bonchev–Trinajstić information content (AvgIpc) is 2.79. The van der Waals surface area contributed by atoms with Crippen molar-refractivity contribution in [1.82, 2.24) is 10.6 Å². The van der Waals surface area contributed by atoms with Crippen LogP contribution in [0.4, 0.5) is 0 Å². The maximum Gasteiger partial charge on any atom is 0.228 e. The molecule has 0 spiro atoms. The summed E-state index contributed by atoms with van der Waals surface area (Å²) in [6.45, 7) is 9.67. The summed E-state index contributed by atoms with van der Waals surface area (Å²) >= 11 is 0. The maximum absolute atomic E-state index is 12.5. The summed E-state index contributed by atoms with van der Waals surface area (Å²) in [7, 11) is 0. The third kappa shape index (κ3) is 2.80. The molecule has 3 N–H and O–H groups in total. The van der Waals surface area contributed by atoms with Crippen LogP contribution in [0.25, 0.3) is 0 Å². The minimum Gasteiger partial charge on any atom is -0.394 e. The van der Waals surface area contributed by atoms with Gasteiger partial charge >= 0.3 is 0 Å². The summed E-state index contributed by atoms with van der Waals surface area (Å²) < 4.78 is 0. The lowest BCUT2D eigenvalue weighted by molar-refractivity contribution is -0.135. The Balaban J connectivity index is 2.80. The van der Waals surface area contributed by atoms with Crippen molar-refractivity contribution in [3.8, 4) is 0 Å². The Labute approximate surface area is 104 Å². The molecule has 1 heterocycles. The second kappa shape index (κ2) is 5.36. The predicted molar refractivity (Wildman–Crippen MR) is 68.7 cm³/mol. The van der Waals surface area contributed by atoms with Crippen LogP contribution in [0.2, 0.25) is 0 Å². The van der Waals surface area contributed by atoms with Crippen LogP contribution >= 0.6 is 0 Å². The van der Waals surface area contributed by atoms with E-state index in [1.54, 1.807) is 0 Å². The van der Waals surface area contributed by atoms with E-state index in [0.29, 0.717) is 5.92 Å². The highest BCUT2D eigenvalue weighted by molar-refractivity contribution is 5.84. The highest BCUT2D eigenvalue weighted by atomic mass is 16.3. The molecule has 0 aromatic rings. The Morgan fingerprint density at radius 2 is 2.24 bits per heavy atom.